The summed E-state index contributed by atoms with van der Waals surface area (Å²) in [6.07, 6.45) is 2.51. The molecule has 10 heavy (non-hydrogen) atoms. The minimum absolute atomic E-state index is 0.842. The van der Waals surface area contributed by atoms with Gasteiger partial charge in [-0.2, -0.15) is 11.8 Å². The Kier molecular flexibility index (Phi) is 7.65. The second-order valence-electron chi connectivity index (χ2n) is 2.94. The fraction of sp³-hybridized carbons (Fsp3) is 1.00. The van der Waals surface area contributed by atoms with Crippen LogP contribution in [0.2, 0.25) is 0 Å². The normalized spacial score (nSPS) is 10.8. The Balaban J connectivity index is 2.77. The Morgan fingerprint density at radius 1 is 1.30 bits per heavy atom. The van der Waals surface area contributed by atoms with Gasteiger partial charge in [0.15, 0.2) is 0 Å². The van der Waals surface area contributed by atoms with Gasteiger partial charge >= 0.3 is 0 Å². The fourth-order valence-corrected chi connectivity index (χ4v) is 1.82. The lowest BCUT2D eigenvalue weighted by Crippen LogP contribution is -2.00. The van der Waals surface area contributed by atoms with E-state index in [0.717, 1.165) is 12.5 Å². The van der Waals surface area contributed by atoms with E-state index < -0.39 is 0 Å². The first kappa shape index (κ1) is 10.3. The zero-order valence-corrected chi connectivity index (χ0v) is 7.91. The van der Waals surface area contributed by atoms with Gasteiger partial charge in [-0.25, -0.2) is 0 Å². The minimum atomic E-state index is 0.842. The van der Waals surface area contributed by atoms with Crippen LogP contribution < -0.4 is 5.73 Å². The minimum Gasteiger partial charge on any atom is -0.330 e. The SMILES string of the molecule is CC(C)CCSCCCN. The van der Waals surface area contributed by atoms with Crippen LogP contribution in [0.4, 0.5) is 0 Å². The second-order valence-corrected chi connectivity index (χ2v) is 4.16. The van der Waals surface area contributed by atoms with Crippen LogP contribution in [0.5, 0.6) is 0 Å². The molecule has 0 amide bonds. The molecular weight excluding hydrogens is 142 g/mol. The van der Waals surface area contributed by atoms with Crippen LogP contribution in [0.1, 0.15) is 26.7 Å². The lowest BCUT2D eigenvalue weighted by atomic mass is 10.2. The van der Waals surface area contributed by atoms with E-state index in [2.05, 4.69) is 13.8 Å². The van der Waals surface area contributed by atoms with Crippen molar-refractivity contribution in [3.63, 3.8) is 0 Å². The molecule has 0 rings (SSSR count). The summed E-state index contributed by atoms with van der Waals surface area (Å²) in [5.41, 5.74) is 5.36. The maximum atomic E-state index is 5.36. The first-order chi connectivity index (χ1) is 4.77. The average Bonchev–Trinajstić information content (AvgIpc) is 1.87. The van der Waals surface area contributed by atoms with E-state index in [0.29, 0.717) is 0 Å². The molecule has 0 radical (unpaired) electrons. The Morgan fingerprint density at radius 2 is 2.00 bits per heavy atom. The van der Waals surface area contributed by atoms with E-state index in [1.54, 1.807) is 0 Å². The molecule has 0 spiro atoms. The van der Waals surface area contributed by atoms with Gasteiger partial charge in [-0.15, -0.1) is 0 Å². The molecule has 0 fully saturated rings. The fourth-order valence-electron chi connectivity index (χ4n) is 0.606. The van der Waals surface area contributed by atoms with Crippen LogP contribution >= 0.6 is 11.8 Å². The molecule has 0 aliphatic rings. The van der Waals surface area contributed by atoms with Crippen LogP contribution in [-0.2, 0) is 0 Å². The van der Waals surface area contributed by atoms with Crippen LogP contribution in [-0.4, -0.2) is 18.1 Å². The first-order valence-electron chi connectivity index (χ1n) is 4.05. The number of thioether (sulfide) groups is 1. The van der Waals surface area contributed by atoms with E-state index in [1.165, 1.54) is 24.3 Å². The maximum Gasteiger partial charge on any atom is -0.00555 e. The molecule has 0 bridgehead atoms. The van der Waals surface area contributed by atoms with Crippen molar-refractivity contribution in [2.24, 2.45) is 11.7 Å². The third kappa shape index (κ3) is 8.31. The van der Waals surface area contributed by atoms with Gasteiger partial charge in [-0.05, 0) is 36.8 Å². The molecule has 0 aromatic carbocycles. The second kappa shape index (κ2) is 7.42. The summed E-state index contributed by atoms with van der Waals surface area (Å²) in [4.78, 5) is 0. The van der Waals surface area contributed by atoms with Crippen molar-refractivity contribution in [1.82, 2.24) is 0 Å². The number of rotatable bonds is 6. The molecule has 0 atom stereocenters. The highest BCUT2D eigenvalue weighted by Gasteiger charge is 1.92. The van der Waals surface area contributed by atoms with Gasteiger partial charge in [-0.1, -0.05) is 13.8 Å². The first-order valence-corrected chi connectivity index (χ1v) is 5.20. The lowest BCUT2D eigenvalue weighted by Gasteiger charge is -2.02. The van der Waals surface area contributed by atoms with Crippen LogP contribution in [0.15, 0.2) is 0 Å². The highest BCUT2D eigenvalue weighted by Crippen LogP contribution is 2.08. The van der Waals surface area contributed by atoms with Gasteiger partial charge in [-0.3, -0.25) is 0 Å². The number of nitrogens with two attached hydrogens (primary N) is 1. The predicted octanol–water partition coefficient (Wildman–Crippen LogP) is 2.11. The molecule has 2 N–H and O–H groups in total. The molecule has 0 saturated carbocycles. The van der Waals surface area contributed by atoms with E-state index in [4.69, 9.17) is 5.73 Å². The smallest absolute Gasteiger partial charge is 0.00555 e. The molecule has 0 saturated heterocycles. The predicted molar refractivity (Wildman–Crippen MR) is 50.5 cm³/mol. The number of hydrogen-bond acceptors (Lipinski definition) is 2. The van der Waals surface area contributed by atoms with Crippen molar-refractivity contribution in [3.05, 3.63) is 0 Å². The largest absolute Gasteiger partial charge is 0.330 e. The summed E-state index contributed by atoms with van der Waals surface area (Å²) < 4.78 is 0. The van der Waals surface area contributed by atoms with Crippen molar-refractivity contribution >= 4 is 11.8 Å². The third-order valence-corrected chi connectivity index (χ3v) is 2.43. The molecule has 1 nitrogen and oxygen atoms in total. The summed E-state index contributed by atoms with van der Waals surface area (Å²) in [7, 11) is 0. The van der Waals surface area contributed by atoms with Crippen molar-refractivity contribution in [2.45, 2.75) is 26.7 Å². The zero-order chi connectivity index (χ0) is 7.82. The summed E-state index contributed by atoms with van der Waals surface area (Å²) in [5.74, 6) is 3.39. The molecule has 62 valence electrons. The van der Waals surface area contributed by atoms with Crippen molar-refractivity contribution < 1.29 is 0 Å². The van der Waals surface area contributed by atoms with Gasteiger partial charge in [0.1, 0.15) is 0 Å². The van der Waals surface area contributed by atoms with Crippen LogP contribution in [0.25, 0.3) is 0 Å². The van der Waals surface area contributed by atoms with Crippen LogP contribution in [0.3, 0.4) is 0 Å². The Hall–Kier alpha value is 0.310. The topological polar surface area (TPSA) is 26.0 Å². The van der Waals surface area contributed by atoms with Gasteiger partial charge in [0, 0.05) is 0 Å². The molecular formula is C8H19NS. The molecule has 0 aliphatic heterocycles. The average molecular weight is 161 g/mol. The molecule has 0 aromatic rings. The van der Waals surface area contributed by atoms with Gasteiger partial charge in [0.25, 0.3) is 0 Å². The van der Waals surface area contributed by atoms with E-state index in [-0.39, 0.29) is 0 Å². The van der Waals surface area contributed by atoms with Gasteiger partial charge in [0.2, 0.25) is 0 Å². The van der Waals surface area contributed by atoms with Crippen molar-refractivity contribution in [3.8, 4) is 0 Å². The molecule has 0 unspecified atom stereocenters. The molecule has 0 heterocycles. The third-order valence-electron chi connectivity index (χ3n) is 1.33. The Bertz CT molecular complexity index is 64.3. The van der Waals surface area contributed by atoms with Crippen molar-refractivity contribution in [1.29, 1.82) is 0 Å². The molecule has 2 heteroatoms. The highest BCUT2D eigenvalue weighted by molar-refractivity contribution is 7.99. The van der Waals surface area contributed by atoms with Gasteiger partial charge in [0.05, 0.1) is 0 Å². The standard InChI is InChI=1S/C8H19NS/c1-8(2)4-7-10-6-3-5-9/h8H,3-7,9H2,1-2H3. The number of hydrogen-bond donors (Lipinski definition) is 1. The molecule has 0 aromatic heterocycles. The van der Waals surface area contributed by atoms with E-state index >= 15 is 0 Å². The van der Waals surface area contributed by atoms with E-state index in [9.17, 15) is 0 Å². The maximum absolute atomic E-state index is 5.36. The summed E-state index contributed by atoms with van der Waals surface area (Å²) in [6.45, 7) is 5.38. The lowest BCUT2D eigenvalue weighted by molar-refractivity contribution is 0.632. The summed E-state index contributed by atoms with van der Waals surface area (Å²) in [6, 6.07) is 0. The van der Waals surface area contributed by atoms with Crippen LogP contribution in [0, 0.1) is 5.92 Å². The summed E-state index contributed by atoms with van der Waals surface area (Å²) in [5, 5.41) is 0. The molecule has 0 aliphatic carbocycles. The Labute approximate surface area is 68.8 Å². The zero-order valence-electron chi connectivity index (χ0n) is 7.10. The Morgan fingerprint density at radius 3 is 2.50 bits per heavy atom. The van der Waals surface area contributed by atoms with Crippen molar-refractivity contribution in [2.75, 3.05) is 18.1 Å². The highest BCUT2D eigenvalue weighted by atomic mass is 32.2. The quantitative estimate of drug-likeness (QED) is 0.604. The van der Waals surface area contributed by atoms with Gasteiger partial charge < -0.3 is 5.73 Å². The monoisotopic (exact) mass is 161 g/mol. The van der Waals surface area contributed by atoms with E-state index in [1.807, 2.05) is 11.8 Å². The summed E-state index contributed by atoms with van der Waals surface area (Å²) >= 11 is 2.03.